The van der Waals surface area contributed by atoms with Gasteiger partial charge < -0.3 is 14.9 Å². The quantitative estimate of drug-likeness (QED) is 0.472. The summed E-state index contributed by atoms with van der Waals surface area (Å²) in [6.07, 6.45) is 0.947. The van der Waals surface area contributed by atoms with Crippen LogP contribution in [0.1, 0.15) is 13.3 Å². The highest BCUT2D eigenvalue weighted by Gasteiger charge is 1.88. The van der Waals surface area contributed by atoms with Crippen molar-refractivity contribution >= 4 is 11.9 Å². The number of hydrogen-bond donors (Lipinski definition) is 2. The third-order valence-electron chi connectivity index (χ3n) is 0.575. The van der Waals surface area contributed by atoms with Gasteiger partial charge in [-0.25, -0.2) is 0 Å². The summed E-state index contributed by atoms with van der Waals surface area (Å²) in [5.74, 6) is -1.29. The van der Waals surface area contributed by atoms with E-state index in [4.69, 9.17) is 10.2 Å². The Kier molecular flexibility index (Phi) is 10.6. The third kappa shape index (κ3) is 23.4. The molecule has 0 unspecified atom stereocenters. The summed E-state index contributed by atoms with van der Waals surface area (Å²) in [5, 5.41) is 15.6. The molecule has 0 fully saturated rings. The van der Waals surface area contributed by atoms with Gasteiger partial charge in [0, 0.05) is 6.92 Å². The molecule has 0 amide bonds. The van der Waals surface area contributed by atoms with Gasteiger partial charge in [0.05, 0.1) is 19.3 Å². The summed E-state index contributed by atoms with van der Waals surface area (Å²) in [6.45, 7) is 4.21. The lowest BCUT2D eigenvalue weighted by molar-refractivity contribution is -0.138. The zero-order chi connectivity index (χ0) is 9.98. The molecule has 70 valence electrons. The third-order valence-corrected chi connectivity index (χ3v) is 0.575. The first-order chi connectivity index (χ1) is 5.54. The molecule has 0 aromatic carbocycles. The van der Waals surface area contributed by atoms with Crippen LogP contribution in [0.25, 0.3) is 0 Å². The fourth-order valence-corrected chi connectivity index (χ4v) is 0.213. The van der Waals surface area contributed by atoms with Gasteiger partial charge in [-0.05, 0) is 0 Å². The normalized spacial score (nSPS) is 7.50. The summed E-state index contributed by atoms with van der Waals surface area (Å²) in [7, 11) is 0. The molecule has 0 saturated heterocycles. The molecule has 5 nitrogen and oxygen atoms in total. The van der Waals surface area contributed by atoms with E-state index < -0.39 is 5.97 Å². The van der Waals surface area contributed by atoms with Crippen LogP contribution < -0.4 is 0 Å². The number of rotatable bonds is 3. The van der Waals surface area contributed by atoms with Crippen LogP contribution in [0.3, 0.4) is 0 Å². The topological polar surface area (TPSA) is 83.8 Å². The Balaban J connectivity index is 0. The molecule has 0 spiro atoms. The van der Waals surface area contributed by atoms with Crippen LogP contribution >= 0.6 is 0 Å². The molecule has 0 saturated carbocycles. The molecular weight excluding hydrogens is 164 g/mol. The van der Waals surface area contributed by atoms with E-state index >= 15 is 0 Å². The molecule has 0 aliphatic heterocycles. The van der Waals surface area contributed by atoms with Gasteiger partial charge in [-0.15, -0.1) is 0 Å². The Morgan fingerprint density at radius 3 is 2.08 bits per heavy atom. The van der Waals surface area contributed by atoms with Gasteiger partial charge in [0.25, 0.3) is 0 Å². The number of aliphatic carboxylic acids is 1. The van der Waals surface area contributed by atoms with Crippen molar-refractivity contribution < 1.29 is 24.5 Å². The van der Waals surface area contributed by atoms with Crippen molar-refractivity contribution in [1.82, 2.24) is 0 Å². The highest BCUT2D eigenvalue weighted by Crippen LogP contribution is 1.70. The van der Waals surface area contributed by atoms with E-state index in [0.717, 1.165) is 6.26 Å². The number of aliphatic hydroxyl groups is 1. The second-order valence-electron chi connectivity index (χ2n) is 1.64. The first kappa shape index (κ1) is 13.2. The molecule has 0 aromatic rings. The molecule has 0 atom stereocenters. The predicted molar refractivity (Wildman–Crippen MR) is 41.3 cm³/mol. The van der Waals surface area contributed by atoms with Crippen molar-refractivity contribution in [3.05, 3.63) is 12.8 Å². The minimum Gasteiger partial charge on any atom is -0.481 e. The van der Waals surface area contributed by atoms with Crippen molar-refractivity contribution in [2.24, 2.45) is 0 Å². The summed E-state index contributed by atoms with van der Waals surface area (Å²) < 4.78 is 4.17. The fourth-order valence-electron chi connectivity index (χ4n) is 0.213. The van der Waals surface area contributed by atoms with Crippen LogP contribution in [0, 0.1) is 0 Å². The van der Waals surface area contributed by atoms with Crippen LogP contribution in [0.15, 0.2) is 12.8 Å². The Bertz CT molecular complexity index is 152. The number of carboxylic acids is 1. The van der Waals surface area contributed by atoms with E-state index in [1.165, 1.54) is 6.92 Å². The van der Waals surface area contributed by atoms with Crippen LogP contribution in [-0.4, -0.2) is 28.8 Å². The van der Waals surface area contributed by atoms with Gasteiger partial charge in [-0.3, -0.25) is 9.59 Å². The van der Waals surface area contributed by atoms with Crippen LogP contribution in [0.2, 0.25) is 0 Å². The molecule has 0 aliphatic carbocycles. The average molecular weight is 176 g/mol. The van der Waals surface area contributed by atoms with Gasteiger partial charge in [0.1, 0.15) is 0 Å². The van der Waals surface area contributed by atoms with Gasteiger partial charge in [-0.1, -0.05) is 6.58 Å². The first-order valence-corrected chi connectivity index (χ1v) is 3.15. The molecule has 0 heterocycles. The van der Waals surface area contributed by atoms with Crippen molar-refractivity contribution in [1.29, 1.82) is 0 Å². The molecule has 0 bridgehead atoms. The maximum Gasteiger partial charge on any atom is 0.307 e. The second-order valence-corrected chi connectivity index (χ2v) is 1.64. The number of ether oxygens (including phenoxy) is 1. The van der Waals surface area contributed by atoms with Gasteiger partial charge in [-0.2, -0.15) is 0 Å². The zero-order valence-electron chi connectivity index (χ0n) is 6.82. The maximum absolute atomic E-state index is 9.75. The molecule has 0 rings (SSSR count). The fraction of sp³-hybridized carbons (Fsp3) is 0.429. The van der Waals surface area contributed by atoms with E-state index in [9.17, 15) is 9.59 Å². The number of carbonyl (C=O) groups is 2. The lowest BCUT2D eigenvalue weighted by atomic mass is 10.5. The number of esters is 1. The van der Waals surface area contributed by atoms with E-state index in [1.54, 1.807) is 0 Å². The monoisotopic (exact) mass is 176 g/mol. The highest BCUT2D eigenvalue weighted by atomic mass is 16.5. The molecule has 12 heavy (non-hydrogen) atoms. The molecule has 0 aliphatic rings. The summed E-state index contributed by atoms with van der Waals surface area (Å²) in [6, 6.07) is 0. The van der Waals surface area contributed by atoms with Gasteiger partial charge in [0.15, 0.2) is 0 Å². The molecule has 0 radical (unpaired) electrons. The van der Waals surface area contributed by atoms with E-state index in [1.807, 2.05) is 0 Å². The Morgan fingerprint density at radius 2 is 2.08 bits per heavy atom. The average Bonchev–Trinajstić information content (AvgIpc) is 1.87. The van der Waals surface area contributed by atoms with Crippen molar-refractivity contribution in [3.63, 3.8) is 0 Å². The molecule has 2 N–H and O–H groups in total. The maximum atomic E-state index is 9.75. The van der Waals surface area contributed by atoms with Crippen molar-refractivity contribution in [2.45, 2.75) is 13.3 Å². The SMILES string of the molecule is C=COC(C)=O.O=C(O)CCO. The lowest BCUT2D eigenvalue weighted by Crippen LogP contribution is -1.96. The molecule has 5 heteroatoms. The van der Waals surface area contributed by atoms with E-state index in [0.29, 0.717) is 0 Å². The van der Waals surface area contributed by atoms with Gasteiger partial charge >= 0.3 is 11.9 Å². The van der Waals surface area contributed by atoms with Crippen molar-refractivity contribution in [3.8, 4) is 0 Å². The number of carboxylic acid groups (broad SMARTS) is 1. The Hall–Kier alpha value is -1.36. The standard InChI is InChI=1S/C4H6O2.C3H6O3/c1-3-6-4(2)5;4-2-1-3(5)6/h3H,1H2,2H3;4H,1-2H2,(H,5,6). The van der Waals surface area contributed by atoms with Crippen LogP contribution in [-0.2, 0) is 14.3 Å². The highest BCUT2D eigenvalue weighted by molar-refractivity contribution is 5.66. The summed E-state index contributed by atoms with van der Waals surface area (Å²) in [5.41, 5.74) is 0. The predicted octanol–water partition coefficient (Wildman–Crippen LogP) is 0.146. The summed E-state index contributed by atoms with van der Waals surface area (Å²) >= 11 is 0. The van der Waals surface area contributed by atoms with Crippen LogP contribution in [0.4, 0.5) is 0 Å². The van der Waals surface area contributed by atoms with Crippen LogP contribution in [0.5, 0.6) is 0 Å². The molecule has 0 aromatic heterocycles. The minimum atomic E-state index is -0.961. The minimum absolute atomic E-state index is 0.153. The zero-order valence-corrected chi connectivity index (χ0v) is 6.82. The first-order valence-electron chi connectivity index (χ1n) is 3.15. The lowest BCUT2D eigenvalue weighted by Gasteiger charge is -1.83. The Morgan fingerprint density at radius 1 is 1.58 bits per heavy atom. The van der Waals surface area contributed by atoms with E-state index in [2.05, 4.69) is 11.3 Å². The summed E-state index contributed by atoms with van der Waals surface area (Å²) in [4.78, 5) is 19.2. The smallest absolute Gasteiger partial charge is 0.307 e. The van der Waals surface area contributed by atoms with E-state index in [-0.39, 0.29) is 19.0 Å². The largest absolute Gasteiger partial charge is 0.481 e. The number of hydrogen-bond acceptors (Lipinski definition) is 4. The Labute approximate surface area is 70.3 Å². The number of carbonyl (C=O) groups excluding carboxylic acids is 1. The van der Waals surface area contributed by atoms with Crippen molar-refractivity contribution in [2.75, 3.05) is 6.61 Å². The molecular formula is C7H12O5. The van der Waals surface area contributed by atoms with Gasteiger partial charge in [0.2, 0.25) is 0 Å². The second kappa shape index (κ2) is 9.64. The number of aliphatic hydroxyl groups excluding tert-OH is 1.